The Kier molecular flexibility index (Phi) is 2.41. The van der Waals surface area contributed by atoms with Crippen molar-refractivity contribution >= 4 is 11.5 Å². The van der Waals surface area contributed by atoms with Crippen molar-refractivity contribution in [3.05, 3.63) is 17.8 Å². The molecule has 7 heteroatoms. The van der Waals surface area contributed by atoms with Crippen molar-refractivity contribution in [1.29, 1.82) is 0 Å². The number of piperazine rings is 1. The molecular weight excluding hydrogens is 245 g/mol. The van der Waals surface area contributed by atoms with Crippen LogP contribution in [0.2, 0.25) is 0 Å². The van der Waals surface area contributed by atoms with Crippen molar-refractivity contribution < 1.29 is 13.2 Å². The van der Waals surface area contributed by atoms with Crippen LogP contribution in [0.1, 0.15) is 5.56 Å². The van der Waals surface area contributed by atoms with Crippen LogP contribution < -0.4 is 15.1 Å². The van der Waals surface area contributed by atoms with E-state index in [2.05, 4.69) is 10.3 Å². The molecule has 2 aliphatic heterocycles. The van der Waals surface area contributed by atoms with Gasteiger partial charge in [0.2, 0.25) is 0 Å². The van der Waals surface area contributed by atoms with E-state index in [9.17, 15) is 13.2 Å². The molecule has 1 aromatic heterocycles. The van der Waals surface area contributed by atoms with E-state index in [-0.39, 0.29) is 6.17 Å². The van der Waals surface area contributed by atoms with Gasteiger partial charge in [0.05, 0.1) is 11.3 Å². The third kappa shape index (κ3) is 1.61. The minimum absolute atomic E-state index is 0.0599. The van der Waals surface area contributed by atoms with Crippen LogP contribution in [0.4, 0.5) is 24.7 Å². The van der Waals surface area contributed by atoms with E-state index in [0.29, 0.717) is 11.5 Å². The minimum atomic E-state index is -4.34. The van der Waals surface area contributed by atoms with Crippen molar-refractivity contribution in [3.8, 4) is 0 Å². The summed E-state index contributed by atoms with van der Waals surface area (Å²) in [6.45, 7) is 2.32. The fourth-order valence-corrected chi connectivity index (χ4v) is 2.53. The lowest BCUT2D eigenvalue weighted by Gasteiger charge is -2.34. The molecule has 0 amide bonds. The minimum Gasteiger partial charge on any atom is -0.350 e. The molecule has 1 fully saturated rings. The fraction of sp³-hybridized carbons (Fsp3) is 0.545. The number of anilines is 2. The summed E-state index contributed by atoms with van der Waals surface area (Å²) in [7, 11) is 1.80. The summed E-state index contributed by atoms with van der Waals surface area (Å²) in [5, 5.41) is 3.23. The largest absolute Gasteiger partial charge is 0.417 e. The number of nitrogens with zero attached hydrogens (tertiary/aromatic N) is 3. The molecule has 0 aromatic carbocycles. The maximum absolute atomic E-state index is 12.7. The van der Waals surface area contributed by atoms with Gasteiger partial charge < -0.3 is 15.1 Å². The van der Waals surface area contributed by atoms with Crippen LogP contribution in [0.3, 0.4) is 0 Å². The average molecular weight is 258 g/mol. The molecule has 0 unspecified atom stereocenters. The highest BCUT2D eigenvalue weighted by atomic mass is 19.4. The van der Waals surface area contributed by atoms with Crippen molar-refractivity contribution in [2.75, 3.05) is 36.5 Å². The molecule has 3 rings (SSSR count). The van der Waals surface area contributed by atoms with Crippen LogP contribution in [-0.4, -0.2) is 37.8 Å². The third-order valence-electron chi connectivity index (χ3n) is 3.49. The first-order valence-corrected chi connectivity index (χ1v) is 5.76. The number of hydrogen-bond donors (Lipinski definition) is 1. The van der Waals surface area contributed by atoms with E-state index < -0.39 is 11.7 Å². The van der Waals surface area contributed by atoms with Crippen molar-refractivity contribution in [2.24, 2.45) is 0 Å². The molecule has 18 heavy (non-hydrogen) atoms. The Morgan fingerprint density at radius 3 is 2.94 bits per heavy atom. The number of halogens is 3. The lowest BCUT2D eigenvalue weighted by atomic mass is 10.2. The van der Waals surface area contributed by atoms with E-state index in [4.69, 9.17) is 0 Å². The summed E-state index contributed by atoms with van der Waals surface area (Å²) in [5.41, 5.74) is -0.139. The van der Waals surface area contributed by atoms with E-state index in [1.807, 2.05) is 9.80 Å². The molecule has 4 nitrogen and oxygen atoms in total. The zero-order valence-corrected chi connectivity index (χ0v) is 9.83. The molecule has 98 valence electrons. The Hall–Kier alpha value is -1.50. The second kappa shape index (κ2) is 3.74. The van der Waals surface area contributed by atoms with Crippen LogP contribution in [-0.2, 0) is 6.18 Å². The Labute approximate surface area is 102 Å². The first-order chi connectivity index (χ1) is 8.48. The Bertz CT molecular complexity index is 474. The van der Waals surface area contributed by atoms with Crippen LogP contribution >= 0.6 is 0 Å². The van der Waals surface area contributed by atoms with Crippen LogP contribution in [0.5, 0.6) is 0 Å². The summed E-state index contributed by atoms with van der Waals surface area (Å²) in [5.74, 6) is 0.650. The quantitative estimate of drug-likeness (QED) is 0.759. The SMILES string of the molecule is CN1c2cc(C(F)(F)F)cnc2N2CCNC[C@@H]12. The zero-order valence-electron chi connectivity index (χ0n) is 9.83. The summed E-state index contributed by atoms with van der Waals surface area (Å²) in [6.07, 6.45) is -3.37. The van der Waals surface area contributed by atoms with Crippen molar-refractivity contribution in [2.45, 2.75) is 12.3 Å². The molecule has 2 aliphatic rings. The molecule has 1 N–H and O–H groups in total. The monoisotopic (exact) mass is 258 g/mol. The zero-order chi connectivity index (χ0) is 12.9. The summed E-state index contributed by atoms with van der Waals surface area (Å²) in [6, 6.07) is 1.18. The van der Waals surface area contributed by atoms with Crippen molar-refractivity contribution in [3.63, 3.8) is 0 Å². The maximum atomic E-state index is 12.7. The topological polar surface area (TPSA) is 31.4 Å². The fourth-order valence-electron chi connectivity index (χ4n) is 2.53. The second-order valence-corrected chi connectivity index (χ2v) is 4.55. The van der Waals surface area contributed by atoms with Gasteiger partial charge in [-0.05, 0) is 6.07 Å². The predicted molar refractivity (Wildman–Crippen MR) is 61.6 cm³/mol. The lowest BCUT2D eigenvalue weighted by Crippen LogP contribution is -2.55. The third-order valence-corrected chi connectivity index (χ3v) is 3.49. The molecule has 1 atom stereocenters. The van der Waals surface area contributed by atoms with Gasteiger partial charge in [-0.2, -0.15) is 13.2 Å². The summed E-state index contributed by atoms with van der Waals surface area (Å²) < 4.78 is 38.0. The van der Waals surface area contributed by atoms with Crippen LogP contribution in [0.25, 0.3) is 0 Å². The number of rotatable bonds is 0. The van der Waals surface area contributed by atoms with Gasteiger partial charge in [0, 0.05) is 32.9 Å². The highest BCUT2D eigenvalue weighted by Crippen LogP contribution is 2.40. The molecule has 1 aromatic rings. The van der Waals surface area contributed by atoms with Crippen LogP contribution in [0.15, 0.2) is 12.3 Å². The van der Waals surface area contributed by atoms with E-state index in [1.165, 1.54) is 6.07 Å². The number of aromatic nitrogens is 1. The van der Waals surface area contributed by atoms with Crippen LogP contribution in [0, 0.1) is 0 Å². The molecule has 3 heterocycles. The Morgan fingerprint density at radius 1 is 1.44 bits per heavy atom. The van der Waals surface area contributed by atoms with Gasteiger partial charge in [0.15, 0.2) is 5.82 Å². The molecular formula is C11H13F3N4. The first kappa shape index (κ1) is 11.6. The number of hydrogen-bond acceptors (Lipinski definition) is 4. The number of nitrogens with one attached hydrogen (secondary N) is 1. The molecule has 0 bridgehead atoms. The Balaban J connectivity index is 2.03. The van der Waals surface area contributed by atoms with E-state index in [1.54, 1.807) is 7.05 Å². The standard InChI is InChI=1S/C11H13F3N4/c1-17-8-4-7(11(12,13)14)5-16-10(8)18-3-2-15-6-9(17)18/h4-5,9,15H,2-3,6H2,1H3/t9-/m0/s1. The summed E-state index contributed by atoms with van der Waals surface area (Å²) >= 11 is 0. The van der Waals surface area contributed by atoms with E-state index in [0.717, 1.165) is 25.8 Å². The van der Waals surface area contributed by atoms with Gasteiger partial charge in [-0.1, -0.05) is 0 Å². The van der Waals surface area contributed by atoms with Gasteiger partial charge in [-0.3, -0.25) is 0 Å². The van der Waals surface area contributed by atoms with Gasteiger partial charge in [0.1, 0.15) is 6.17 Å². The lowest BCUT2D eigenvalue weighted by molar-refractivity contribution is -0.137. The van der Waals surface area contributed by atoms with Crippen molar-refractivity contribution in [1.82, 2.24) is 10.3 Å². The molecule has 0 radical (unpaired) electrons. The van der Waals surface area contributed by atoms with Gasteiger partial charge in [0.25, 0.3) is 0 Å². The maximum Gasteiger partial charge on any atom is 0.417 e. The number of alkyl halides is 3. The normalized spacial score (nSPS) is 23.0. The molecule has 0 saturated carbocycles. The number of pyridine rings is 1. The summed E-state index contributed by atoms with van der Waals surface area (Å²) in [4.78, 5) is 7.90. The Morgan fingerprint density at radius 2 is 2.22 bits per heavy atom. The molecule has 1 saturated heterocycles. The molecule has 0 spiro atoms. The van der Waals surface area contributed by atoms with Gasteiger partial charge >= 0.3 is 6.18 Å². The smallest absolute Gasteiger partial charge is 0.350 e. The number of likely N-dealkylation sites (N-methyl/N-ethyl adjacent to an activating group) is 1. The first-order valence-electron chi connectivity index (χ1n) is 5.76. The number of fused-ring (bicyclic) bond motifs is 3. The van der Waals surface area contributed by atoms with Gasteiger partial charge in [-0.15, -0.1) is 0 Å². The van der Waals surface area contributed by atoms with E-state index >= 15 is 0 Å². The highest BCUT2D eigenvalue weighted by Gasteiger charge is 2.39. The highest BCUT2D eigenvalue weighted by molar-refractivity contribution is 5.74. The second-order valence-electron chi connectivity index (χ2n) is 4.55. The predicted octanol–water partition coefficient (Wildman–Crippen LogP) is 1.29. The van der Waals surface area contributed by atoms with Gasteiger partial charge in [-0.25, -0.2) is 4.98 Å². The average Bonchev–Trinajstić information content (AvgIpc) is 2.63. The molecule has 0 aliphatic carbocycles.